The number of piperidine rings is 1. The Bertz CT molecular complexity index is 943. The van der Waals surface area contributed by atoms with Gasteiger partial charge in [0.2, 0.25) is 5.91 Å². The van der Waals surface area contributed by atoms with Gasteiger partial charge in [-0.25, -0.2) is 0 Å². The molecule has 1 N–H and O–H groups in total. The lowest BCUT2D eigenvalue weighted by Gasteiger charge is -2.52. The summed E-state index contributed by atoms with van der Waals surface area (Å²) in [6.07, 6.45) is 13.8. The summed E-state index contributed by atoms with van der Waals surface area (Å²) < 4.78 is 1.50. The van der Waals surface area contributed by atoms with E-state index in [1.807, 2.05) is 4.90 Å². The van der Waals surface area contributed by atoms with Gasteiger partial charge in [-0.1, -0.05) is 44.9 Å². The fourth-order valence-electron chi connectivity index (χ4n) is 6.59. The first-order valence-electron chi connectivity index (χ1n) is 13.2. The molecule has 7 nitrogen and oxygen atoms in total. The van der Waals surface area contributed by atoms with Crippen molar-refractivity contribution < 1.29 is 14.7 Å². The summed E-state index contributed by atoms with van der Waals surface area (Å²) in [5.74, 6) is 0.730. The molecule has 188 valence electrons. The van der Waals surface area contributed by atoms with E-state index in [1.165, 1.54) is 47.6 Å². The molecule has 2 aliphatic carbocycles. The number of carbonyl (C=O) groups excluding carboxylic acids is 2. The highest BCUT2D eigenvalue weighted by Crippen LogP contribution is 2.51. The Hall–Kier alpha value is -2.15. The highest BCUT2D eigenvalue weighted by molar-refractivity contribution is 5.93. The summed E-state index contributed by atoms with van der Waals surface area (Å²) in [7, 11) is 3.36. The monoisotopic (exact) mass is 471 g/mol. The van der Waals surface area contributed by atoms with Crippen LogP contribution in [0.2, 0.25) is 0 Å². The van der Waals surface area contributed by atoms with Gasteiger partial charge in [0.15, 0.2) is 0 Å². The van der Waals surface area contributed by atoms with E-state index in [2.05, 4.69) is 0 Å². The lowest BCUT2D eigenvalue weighted by atomic mass is 9.65. The molecule has 2 heterocycles. The molecular formula is C27H41N3O4. The number of carbonyl (C=O) groups is 2. The number of aliphatic hydroxyl groups is 1. The second kappa shape index (κ2) is 10.2. The molecule has 2 amide bonds. The van der Waals surface area contributed by atoms with Crippen LogP contribution in [0, 0.1) is 11.3 Å². The van der Waals surface area contributed by atoms with Crippen LogP contribution in [0.5, 0.6) is 0 Å². The fourth-order valence-corrected chi connectivity index (χ4v) is 6.59. The van der Waals surface area contributed by atoms with Gasteiger partial charge >= 0.3 is 0 Å². The highest BCUT2D eigenvalue weighted by Gasteiger charge is 2.55. The molecule has 1 unspecified atom stereocenters. The maximum Gasteiger partial charge on any atom is 0.254 e. The minimum Gasteiger partial charge on any atom is -0.387 e. The Kier molecular flexibility index (Phi) is 7.51. The van der Waals surface area contributed by atoms with Crippen molar-refractivity contribution in [3.63, 3.8) is 0 Å². The van der Waals surface area contributed by atoms with Gasteiger partial charge in [-0.15, -0.1) is 0 Å². The molecular weight excluding hydrogens is 430 g/mol. The highest BCUT2D eigenvalue weighted by atomic mass is 16.3. The number of pyridine rings is 1. The molecule has 1 aliphatic heterocycles. The summed E-state index contributed by atoms with van der Waals surface area (Å²) in [5, 5.41) is 12.0. The Morgan fingerprint density at radius 3 is 2.44 bits per heavy atom. The van der Waals surface area contributed by atoms with Crippen LogP contribution in [-0.4, -0.2) is 64.1 Å². The summed E-state index contributed by atoms with van der Waals surface area (Å²) >= 11 is 0. The van der Waals surface area contributed by atoms with E-state index < -0.39 is 11.0 Å². The Balaban J connectivity index is 1.48. The van der Waals surface area contributed by atoms with E-state index in [0.29, 0.717) is 37.4 Å². The van der Waals surface area contributed by atoms with E-state index in [0.717, 1.165) is 32.1 Å². The Labute approximate surface area is 203 Å². The maximum absolute atomic E-state index is 13.1. The second-order valence-electron chi connectivity index (χ2n) is 11.2. The van der Waals surface area contributed by atoms with E-state index >= 15 is 0 Å². The first-order chi connectivity index (χ1) is 16.2. The molecule has 3 fully saturated rings. The summed E-state index contributed by atoms with van der Waals surface area (Å²) in [5.41, 5.74) is -1.26. The Morgan fingerprint density at radius 2 is 1.76 bits per heavy atom. The number of aromatic nitrogens is 1. The van der Waals surface area contributed by atoms with Crippen LogP contribution >= 0.6 is 0 Å². The molecule has 1 spiro atoms. The number of amides is 2. The molecule has 1 aromatic heterocycles. The number of nitrogens with zero attached hydrogens (tertiary/aromatic N) is 3. The van der Waals surface area contributed by atoms with E-state index in [9.17, 15) is 19.5 Å². The fraction of sp³-hybridized carbons (Fsp3) is 0.741. The normalized spacial score (nSPS) is 25.0. The molecule has 34 heavy (non-hydrogen) atoms. The average Bonchev–Trinajstić information content (AvgIpc) is 3.31. The first kappa shape index (κ1) is 25.0. The van der Waals surface area contributed by atoms with Crippen LogP contribution < -0.4 is 5.56 Å². The van der Waals surface area contributed by atoms with Crippen LogP contribution in [0.1, 0.15) is 87.4 Å². The van der Waals surface area contributed by atoms with E-state index in [4.69, 9.17) is 0 Å². The van der Waals surface area contributed by atoms with Crippen LogP contribution in [0.3, 0.4) is 0 Å². The average molecular weight is 472 g/mol. The topological polar surface area (TPSA) is 82.8 Å². The number of hydrogen-bond acceptors (Lipinski definition) is 4. The number of rotatable bonds is 6. The summed E-state index contributed by atoms with van der Waals surface area (Å²) in [6.45, 7) is 1.25. The van der Waals surface area contributed by atoms with E-state index in [-0.39, 0.29) is 23.9 Å². The van der Waals surface area contributed by atoms with Crippen molar-refractivity contribution in [2.75, 3.05) is 27.2 Å². The van der Waals surface area contributed by atoms with Crippen molar-refractivity contribution >= 4 is 11.8 Å². The molecule has 0 aromatic carbocycles. The molecule has 1 aromatic rings. The third kappa shape index (κ3) is 5.09. The third-order valence-corrected chi connectivity index (χ3v) is 8.75. The standard InChI is InChI=1S/C27H41N3O4/c1-28(2)25(33)22-11-13-24(32)30(18-22)20-27(34)16-17-29(19-26(27)14-6-7-15-26)23(31)12-10-21-8-4-3-5-9-21/h11,13,18,21,34H,3-10,12,14-17,19-20H2,1-2H3. The minimum absolute atomic E-state index is 0.157. The van der Waals surface area contributed by atoms with Crippen molar-refractivity contribution in [1.82, 2.24) is 14.4 Å². The molecule has 1 atom stereocenters. The van der Waals surface area contributed by atoms with Crippen molar-refractivity contribution in [1.29, 1.82) is 0 Å². The van der Waals surface area contributed by atoms with Gasteiger partial charge in [0.25, 0.3) is 11.5 Å². The lowest BCUT2D eigenvalue weighted by Crippen LogP contribution is -2.62. The van der Waals surface area contributed by atoms with Gasteiger partial charge < -0.3 is 19.5 Å². The van der Waals surface area contributed by atoms with Gasteiger partial charge in [-0.05, 0) is 37.7 Å². The molecule has 3 aliphatic rings. The Morgan fingerprint density at radius 1 is 1.06 bits per heavy atom. The number of likely N-dealkylation sites (tertiary alicyclic amines) is 1. The molecule has 2 saturated carbocycles. The van der Waals surface area contributed by atoms with Crippen LogP contribution in [0.15, 0.2) is 23.1 Å². The molecule has 1 saturated heterocycles. The quantitative estimate of drug-likeness (QED) is 0.689. The molecule has 0 radical (unpaired) electrons. The van der Waals surface area contributed by atoms with Crippen molar-refractivity contribution in [3.8, 4) is 0 Å². The molecule has 4 rings (SSSR count). The zero-order valence-electron chi connectivity index (χ0n) is 20.9. The number of hydrogen-bond donors (Lipinski definition) is 1. The van der Waals surface area contributed by atoms with Crippen LogP contribution in [0.25, 0.3) is 0 Å². The predicted octanol–water partition coefficient (Wildman–Crippen LogP) is 3.43. The zero-order valence-corrected chi connectivity index (χ0v) is 20.9. The van der Waals surface area contributed by atoms with Crippen molar-refractivity contribution in [3.05, 3.63) is 34.2 Å². The smallest absolute Gasteiger partial charge is 0.254 e. The SMILES string of the molecule is CN(C)C(=O)c1ccc(=O)n(CC2(O)CCN(C(=O)CCC3CCCCC3)CC23CCCC3)c1. The second-order valence-corrected chi connectivity index (χ2v) is 11.2. The summed E-state index contributed by atoms with van der Waals surface area (Å²) in [4.78, 5) is 41.7. The molecule has 7 heteroatoms. The van der Waals surface area contributed by atoms with Crippen LogP contribution in [-0.2, 0) is 11.3 Å². The lowest BCUT2D eigenvalue weighted by molar-refractivity contribution is -0.160. The zero-order chi connectivity index (χ0) is 24.3. The minimum atomic E-state index is -1.08. The maximum atomic E-state index is 13.1. The van der Waals surface area contributed by atoms with Crippen molar-refractivity contribution in [2.45, 2.75) is 89.2 Å². The molecule has 0 bridgehead atoms. The van der Waals surface area contributed by atoms with Crippen molar-refractivity contribution in [2.24, 2.45) is 11.3 Å². The van der Waals surface area contributed by atoms with Gasteiger partial charge in [-0.2, -0.15) is 0 Å². The largest absolute Gasteiger partial charge is 0.387 e. The van der Waals surface area contributed by atoms with Gasteiger partial charge in [0.05, 0.1) is 17.7 Å². The third-order valence-electron chi connectivity index (χ3n) is 8.75. The summed E-state index contributed by atoms with van der Waals surface area (Å²) in [6, 6.07) is 2.95. The van der Waals surface area contributed by atoms with Gasteiger partial charge in [-0.3, -0.25) is 14.4 Å². The predicted molar refractivity (Wildman–Crippen MR) is 132 cm³/mol. The van der Waals surface area contributed by atoms with E-state index in [1.54, 1.807) is 26.4 Å². The van der Waals surface area contributed by atoms with Gasteiger partial charge in [0, 0.05) is 51.3 Å². The first-order valence-corrected chi connectivity index (χ1v) is 13.2. The van der Waals surface area contributed by atoms with Crippen LogP contribution in [0.4, 0.5) is 0 Å². The van der Waals surface area contributed by atoms with Gasteiger partial charge in [0.1, 0.15) is 0 Å².